The number of benzene rings is 1. The molecule has 0 aliphatic heterocycles. The number of furan rings is 2. The van der Waals surface area contributed by atoms with Gasteiger partial charge in [0.15, 0.2) is 5.22 Å². The van der Waals surface area contributed by atoms with Crippen molar-refractivity contribution in [2.45, 2.75) is 13.0 Å². The first-order valence-electron chi connectivity index (χ1n) is 6.24. The van der Waals surface area contributed by atoms with Crippen LogP contribution in [0.15, 0.2) is 51.5 Å². The number of rotatable bonds is 4. The van der Waals surface area contributed by atoms with E-state index in [4.69, 9.17) is 20.4 Å². The maximum absolute atomic E-state index is 6.07. The monoisotopic (exact) mass is 275 g/mol. The third kappa shape index (κ3) is 2.27. The van der Waals surface area contributed by atoms with Crippen LogP contribution in [0.4, 0.5) is 0 Å². The molecule has 2 heterocycles. The molecule has 1 atom stereocenters. The normalized spacial score (nSPS) is 12.9. The molecule has 0 fully saturated rings. The smallest absolute Gasteiger partial charge is 0.198 e. The van der Waals surface area contributed by atoms with Gasteiger partial charge in [-0.1, -0.05) is 25.1 Å². The van der Waals surface area contributed by atoms with Crippen LogP contribution < -0.4 is 5.32 Å². The molecule has 98 valence electrons. The van der Waals surface area contributed by atoms with E-state index in [0.29, 0.717) is 5.22 Å². The van der Waals surface area contributed by atoms with E-state index < -0.39 is 0 Å². The number of fused-ring (bicyclic) bond motifs is 1. The summed E-state index contributed by atoms with van der Waals surface area (Å²) >= 11 is 6.07. The van der Waals surface area contributed by atoms with Crippen LogP contribution in [-0.2, 0) is 0 Å². The van der Waals surface area contributed by atoms with E-state index in [9.17, 15) is 0 Å². The molecule has 0 aliphatic carbocycles. The third-order valence-corrected chi connectivity index (χ3v) is 3.40. The zero-order chi connectivity index (χ0) is 13.2. The van der Waals surface area contributed by atoms with Crippen molar-refractivity contribution >= 4 is 22.6 Å². The fourth-order valence-electron chi connectivity index (χ4n) is 2.22. The van der Waals surface area contributed by atoms with Crippen LogP contribution in [0.25, 0.3) is 11.0 Å². The van der Waals surface area contributed by atoms with Gasteiger partial charge in [-0.05, 0) is 36.3 Å². The van der Waals surface area contributed by atoms with E-state index in [2.05, 4.69) is 5.32 Å². The van der Waals surface area contributed by atoms with Gasteiger partial charge in [0, 0.05) is 10.9 Å². The molecule has 1 N–H and O–H groups in total. The molecule has 2 aromatic heterocycles. The van der Waals surface area contributed by atoms with Crippen molar-refractivity contribution in [2.24, 2.45) is 0 Å². The molecule has 0 spiro atoms. The quantitative estimate of drug-likeness (QED) is 0.768. The Morgan fingerprint density at radius 2 is 2.11 bits per heavy atom. The zero-order valence-corrected chi connectivity index (χ0v) is 11.3. The molecule has 3 aromatic rings. The average molecular weight is 276 g/mol. The van der Waals surface area contributed by atoms with Gasteiger partial charge in [0.05, 0.1) is 12.3 Å². The molecule has 0 bridgehead atoms. The summed E-state index contributed by atoms with van der Waals surface area (Å²) in [6, 6.07) is 11.7. The van der Waals surface area contributed by atoms with Gasteiger partial charge in [0.2, 0.25) is 0 Å². The molecule has 3 nitrogen and oxygen atoms in total. The maximum Gasteiger partial charge on any atom is 0.198 e. The summed E-state index contributed by atoms with van der Waals surface area (Å²) < 4.78 is 11.1. The van der Waals surface area contributed by atoms with Gasteiger partial charge in [-0.2, -0.15) is 0 Å². The van der Waals surface area contributed by atoms with Crippen LogP contribution in [0.3, 0.4) is 0 Å². The van der Waals surface area contributed by atoms with Crippen LogP contribution in [0.5, 0.6) is 0 Å². The second-order valence-electron chi connectivity index (χ2n) is 4.33. The van der Waals surface area contributed by atoms with E-state index in [1.165, 1.54) is 0 Å². The molecule has 0 saturated heterocycles. The Hall–Kier alpha value is -1.71. The van der Waals surface area contributed by atoms with Crippen LogP contribution in [0.2, 0.25) is 5.22 Å². The first-order valence-corrected chi connectivity index (χ1v) is 6.62. The van der Waals surface area contributed by atoms with E-state index in [1.54, 1.807) is 6.26 Å². The third-order valence-electron chi connectivity index (χ3n) is 3.09. The minimum atomic E-state index is -0.0938. The molecular formula is C15H14ClNO2. The summed E-state index contributed by atoms with van der Waals surface area (Å²) in [5.74, 6) is 0.839. The number of nitrogens with one attached hydrogen (secondary N) is 1. The van der Waals surface area contributed by atoms with Crippen LogP contribution in [-0.4, -0.2) is 6.54 Å². The Balaban J connectivity index is 2.07. The average Bonchev–Trinajstić information content (AvgIpc) is 3.02. The lowest BCUT2D eigenvalue weighted by atomic mass is 10.1. The SMILES string of the molecule is CCNC(c1cc2ccccc2o1)c1ccoc1Cl. The highest BCUT2D eigenvalue weighted by atomic mass is 35.5. The minimum absolute atomic E-state index is 0.0938. The topological polar surface area (TPSA) is 38.3 Å². The van der Waals surface area contributed by atoms with Crippen molar-refractivity contribution < 1.29 is 8.83 Å². The van der Waals surface area contributed by atoms with Gasteiger partial charge in [-0.25, -0.2) is 0 Å². The molecule has 4 heteroatoms. The highest BCUT2D eigenvalue weighted by molar-refractivity contribution is 6.29. The van der Waals surface area contributed by atoms with Crippen molar-refractivity contribution in [1.29, 1.82) is 0 Å². The molecule has 0 amide bonds. The number of para-hydroxylation sites is 1. The highest BCUT2D eigenvalue weighted by Gasteiger charge is 2.21. The maximum atomic E-state index is 6.07. The Kier molecular flexibility index (Phi) is 3.32. The van der Waals surface area contributed by atoms with Gasteiger partial charge >= 0.3 is 0 Å². The van der Waals surface area contributed by atoms with Gasteiger partial charge < -0.3 is 14.2 Å². The summed E-state index contributed by atoms with van der Waals surface area (Å²) in [6.45, 7) is 2.85. The van der Waals surface area contributed by atoms with E-state index in [-0.39, 0.29) is 6.04 Å². The van der Waals surface area contributed by atoms with Crippen molar-refractivity contribution in [3.05, 3.63) is 59.2 Å². The number of hydrogen-bond donors (Lipinski definition) is 1. The van der Waals surface area contributed by atoms with Crippen LogP contribution >= 0.6 is 11.6 Å². The van der Waals surface area contributed by atoms with E-state index in [0.717, 1.165) is 28.8 Å². The number of hydrogen-bond acceptors (Lipinski definition) is 3. The molecule has 0 aliphatic rings. The molecular weight excluding hydrogens is 262 g/mol. The highest BCUT2D eigenvalue weighted by Crippen LogP contribution is 2.32. The van der Waals surface area contributed by atoms with Crippen LogP contribution in [0.1, 0.15) is 24.3 Å². The Labute approximate surface area is 116 Å². The first-order chi connectivity index (χ1) is 9.29. The molecule has 19 heavy (non-hydrogen) atoms. The molecule has 0 radical (unpaired) electrons. The largest absolute Gasteiger partial charge is 0.459 e. The summed E-state index contributed by atoms with van der Waals surface area (Å²) in [6.07, 6.45) is 1.59. The van der Waals surface area contributed by atoms with Gasteiger partial charge in [-0.3, -0.25) is 0 Å². The van der Waals surface area contributed by atoms with E-state index >= 15 is 0 Å². The summed E-state index contributed by atoms with van der Waals surface area (Å²) in [4.78, 5) is 0. The molecule has 3 rings (SSSR count). The zero-order valence-electron chi connectivity index (χ0n) is 10.5. The summed E-state index contributed by atoms with van der Waals surface area (Å²) in [5, 5.41) is 4.84. The Morgan fingerprint density at radius 1 is 1.26 bits per heavy atom. The van der Waals surface area contributed by atoms with Crippen LogP contribution in [0, 0.1) is 0 Å². The lowest BCUT2D eigenvalue weighted by Gasteiger charge is -2.13. The number of halogens is 1. The van der Waals surface area contributed by atoms with Gasteiger partial charge in [0.25, 0.3) is 0 Å². The lowest BCUT2D eigenvalue weighted by Crippen LogP contribution is -2.21. The summed E-state index contributed by atoms with van der Waals surface area (Å²) in [7, 11) is 0. The Morgan fingerprint density at radius 3 is 2.79 bits per heavy atom. The standard InChI is InChI=1S/C15H14ClNO2/c1-2-17-14(11-7-8-18-15(11)16)13-9-10-5-3-4-6-12(10)19-13/h3-9,14,17H,2H2,1H3. The minimum Gasteiger partial charge on any atom is -0.459 e. The predicted octanol–water partition coefficient (Wildman–Crippen LogP) is 4.38. The summed E-state index contributed by atoms with van der Waals surface area (Å²) in [5.41, 5.74) is 1.77. The first kappa shape index (κ1) is 12.3. The van der Waals surface area contributed by atoms with Crippen molar-refractivity contribution in [3.63, 3.8) is 0 Å². The second-order valence-corrected chi connectivity index (χ2v) is 4.67. The van der Waals surface area contributed by atoms with Gasteiger partial charge in [-0.15, -0.1) is 0 Å². The Bertz CT molecular complexity index is 653. The van der Waals surface area contributed by atoms with Crippen molar-refractivity contribution in [3.8, 4) is 0 Å². The lowest BCUT2D eigenvalue weighted by molar-refractivity contribution is 0.472. The van der Waals surface area contributed by atoms with Crippen molar-refractivity contribution in [2.75, 3.05) is 6.54 Å². The van der Waals surface area contributed by atoms with Crippen molar-refractivity contribution in [1.82, 2.24) is 5.32 Å². The van der Waals surface area contributed by atoms with Gasteiger partial charge in [0.1, 0.15) is 11.3 Å². The second kappa shape index (κ2) is 5.11. The van der Waals surface area contributed by atoms with E-state index in [1.807, 2.05) is 43.3 Å². The molecule has 1 unspecified atom stereocenters. The fraction of sp³-hybridized carbons (Fsp3) is 0.200. The molecule has 1 aromatic carbocycles. The predicted molar refractivity (Wildman–Crippen MR) is 75.5 cm³/mol. The molecule has 0 saturated carbocycles. The fourth-order valence-corrected chi connectivity index (χ4v) is 2.45.